The third-order valence-corrected chi connectivity index (χ3v) is 5.11. The molecule has 0 saturated heterocycles. The Kier molecular flexibility index (Phi) is 6.21. The Hall–Kier alpha value is -2.57. The van der Waals surface area contributed by atoms with Gasteiger partial charge in [0.1, 0.15) is 0 Å². The molecule has 1 N–H and O–H groups in total. The van der Waals surface area contributed by atoms with E-state index >= 15 is 0 Å². The second-order valence-corrected chi connectivity index (χ2v) is 7.17. The van der Waals surface area contributed by atoms with E-state index in [4.69, 9.17) is 23.2 Å². The van der Waals surface area contributed by atoms with Crippen molar-refractivity contribution in [1.29, 1.82) is 0 Å². The van der Waals surface area contributed by atoms with Crippen LogP contribution in [-0.4, -0.2) is 25.5 Å². The summed E-state index contributed by atoms with van der Waals surface area (Å²) in [6.45, 7) is 6.96. The van der Waals surface area contributed by atoms with Gasteiger partial charge < -0.3 is 5.32 Å². The lowest BCUT2D eigenvalue weighted by Gasteiger charge is -2.09. The highest BCUT2D eigenvalue weighted by Crippen LogP contribution is 2.27. The number of hydrogen-bond donors (Lipinski definition) is 1. The van der Waals surface area contributed by atoms with E-state index in [1.807, 2.05) is 27.0 Å². The van der Waals surface area contributed by atoms with E-state index in [2.05, 4.69) is 15.5 Å². The maximum absolute atomic E-state index is 12.3. The Morgan fingerprint density at radius 3 is 2.61 bits per heavy atom. The van der Waals surface area contributed by atoms with E-state index in [0.29, 0.717) is 22.3 Å². The second kappa shape index (κ2) is 8.63. The van der Waals surface area contributed by atoms with Gasteiger partial charge in [0.2, 0.25) is 5.91 Å². The van der Waals surface area contributed by atoms with Crippen LogP contribution in [0.1, 0.15) is 29.4 Å². The molecule has 146 valence electrons. The van der Waals surface area contributed by atoms with Gasteiger partial charge >= 0.3 is 0 Å². The smallest absolute Gasteiger partial charge is 0.248 e. The first-order valence-electron chi connectivity index (χ1n) is 8.87. The lowest BCUT2D eigenvalue weighted by atomic mass is 10.2. The molecule has 0 saturated carbocycles. The van der Waals surface area contributed by atoms with Gasteiger partial charge in [-0.15, -0.1) is 0 Å². The average molecular weight is 418 g/mol. The third-order valence-electron chi connectivity index (χ3n) is 4.40. The molecule has 0 bridgehead atoms. The predicted octanol–water partition coefficient (Wildman–Crippen LogP) is 4.72. The molecule has 2 heterocycles. The van der Waals surface area contributed by atoms with Crippen molar-refractivity contribution >= 4 is 40.9 Å². The Balaban J connectivity index is 1.75. The highest BCUT2D eigenvalue weighted by atomic mass is 35.5. The summed E-state index contributed by atoms with van der Waals surface area (Å²) < 4.78 is 3.59. The van der Waals surface area contributed by atoms with Crippen molar-refractivity contribution < 1.29 is 4.79 Å². The summed E-state index contributed by atoms with van der Waals surface area (Å²) >= 11 is 12.5. The average Bonchev–Trinajstić information content (AvgIpc) is 3.23. The van der Waals surface area contributed by atoms with Crippen LogP contribution in [-0.2, 0) is 17.9 Å². The zero-order chi connectivity index (χ0) is 20.3. The SMILES string of the molecule is CCn1cc(/C=C/C(=O)Nc2c(C)nn(Cc3c(Cl)cccc3Cl)c2C)cn1. The van der Waals surface area contributed by atoms with Crippen molar-refractivity contribution in [2.75, 3.05) is 5.32 Å². The van der Waals surface area contributed by atoms with E-state index in [9.17, 15) is 4.79 Å². The molecule has 1 aromatic carbocycles. The molecule has 8 heteroatoms. The topological polar surface area (TPSA) is 64.7 Å². The quantitative estimate of drug-likeness (QED) is 0.589. The Bertz CT molecular complexity index is 1020. The molecular formula is C20H21Cl2N5O. The number of nitrogens with zero attached hydrogens (tertiary/aromatic N) is 4. The Morgan fingerprint density at radius 1 is 1.25 bits per heavy atom. The number of halogens is 2. The van der Waals surface area contributed by atoms with Gasteiger partial charge in [-0.2, -0.15) is 10.2 Å². The van der Waals surface area contributed by atoms with Gasteiger partial charge in [0, 0.05) is 40.0 Å². The van der Waals surface area contributed by atoms with E-state index in [1.54, 1.807) is 39.8 Å². The normalized spacial score (nSPS) is 11.3. The Labute approximate surface area is 173 Å². The summed E-state index contributed by atoms with van der Waals surface area (Å²) in [7, 11) is 0. The number of nitrogens with one attached hydrogen (secondary N) is 1. The first-order valence-corrected chi connectivity index (χ1v) is 9.63. The zero-order valence-corrected chi connectivity index (χ0v) is 17.4. The summed E-state index contributed by atoms with van der Waals surface area (Å²) in [4.78, 5) is 12.3. The number of anilines is 1. The van der Waals surface area contributed by atoms with Crippen LogP contribution in [0.4, 0.5) is 5.69 Å². The molecule has 28 heavy (non-hydrogen) atoms. The molecule has 3 aromatic rings. The molecule has 0 atom stereocenters. The maximum Gasteiger partial charge on any atom is 0.248 e. The van der Waals surface area contributed by atoms with Crippen LogP contribution in [0.25, 0.3) is 6.08 Å². The molecule has 0 radical (unpaired) electrons. The third kappa shape index (κ3) is 4.46. The van der Waals surface area contributed by atoms with Crippen LogP contribution < -0.4 is 5.32 Å². The van der Waals surface area contributed by atoms with Crippen LogP contribution in [0, 0.1) is 13.8 Å². The molecule has 3 rings (SSSR count). The van der Waals surface area contributed by atoms with Crippen molar-refractivity contribution in [2.24, 2.45) is 0 Å². The highest BCUT2D eigenvalue weighted by Gasteiger charge is 2.15. The minimum atomic E-state index is -0.231. The van der Waals surface area contributed by atoms with Gasteiger partial charge in [-0.1, -0.05) is 29.3 Å². The summed E-state index contributed by atoms with van der Waals surface area (Å²) in [6.07, 6.45) is 6.81. The van der Waals surface area contributed by atoms with Gasteiger partial charge in [-0.25, -0.2) is 0 Å². The number of hydrogen-bond acceptors (Lipinski definition) is 3. The number of aryl methyl sites for hydroxylation is 2. The monoisotopic (exact) mass is 417 g/mol. The largest absolute Gasteiger partial charge is 0.319 e. The number of aromatic nitrogens is 4. The fraction of sp³-hybridized carbons (Fsp3) is 0.250. The molecule has 0 unspecified atom stereocenters. The fourth-order valence-corrected chi connectivity index (χ4v) is 3.36. The van der Waals surface area contributed by atoms with Crippen molar-refractivity contribution in [1.82, 2.24) is 19.6 Å². The molecule has 0 aliphatic rings. The molecule has 2 aromatic heterocycles. The minimum absolute atomic E-state index is 0.231. The fourth-order valence-electron chi connectivity index (χ4n) is 2.84. The molecule has 6 nitrogen and oxygen atoms in total. The van der Waals surface area contributed by atoms with Crippen molar-refractivity contribution in [3.8, 4) is 0 Å². The lowest BCUT2D eigenvalue weighted by Crippen LogP contribution is -2.10. The van der Waals surface area contributed by atoms with E-state index in [1.165, 1.54) is 6.08 Å². The van der Waals surface area contributed by atoms with Gasteiger partial charge in [-0.3, -0.25) is 14.2 Å². The van der Waals surface area contributed by atoms with E-state index in [0.717, 1.165) is 29.1 Å². The number of benzene rings is 1. The van der Waals surface area contributed by atoms with Gasteiger partial charge in [0.25, 0.3) is 0 Å². The standard InChI is InChI=1S/C20H21Cl2N5O/c1-4-26-11-15(10-23-26)8-9-19(28)24-20-13(2)25-27(14(20)3)12-16-17(21)6-5-7-18(16)22/h5-11H,4,12H2,1-3H3,(H,24,28)/b9-8+. The Morgan fingerprint density at radius 2 is 1.96 bits per heavy atom. The zero-order valence-electron chi connectivity index (χ0n) is 15.9. The van der Waals surface area contributed by atoms with Crippen LogP contribution in [0.5, 0.6) is 0 Å². The molecule has 0 spiro atoms. The second-order valence-electron chi connectivity index (χ2n) is 6.36. The van der Waals surface area contributed by atoms with E-state index in [-0.39, 0.29) is 5.91 Å². The lowest BCUT2D eigenvalue weighted by molar-refractivity contribution is -0.111. The number of rotatable bonds is 6. The molecule has 0 aliphatic heterocycles. The summed E-state index contributed by atoms with van der Waals surface area (Å²) in [5.74, 6) is -0.231. The minimum Gasteiger partial charge on any atom is -0.319 e. The van der Waals surface area contributed by atoms with Crippen LogP contribution in [0.15, 0.2) is 36.7 Å². The van der Waals surface area contributed by atoms with Gasteiger partial charge in [-0.05, 0) is 39.0 Å². The number of carbonyl (C=O) groups excluding carboxylic acids is 1. The van der Waals surface area contributed by atoms with Crippen molar-refractivity contribution in [3.63, 3.8) is 0 Å². The summed E-state index contributed by atoms with van der Waals surface area (Å²) in [6, 6.07) is 5.39. The number of carbonyl (C=O) groups is 1. The van der Waals surface area contributed by atoms with E-state index < -0.39 is 0 Å². The first kappa shape index (κ1) is 20.2. The van der Waals surface area contributed by atoms with Crippen molar-refractivity contribution in [3.05, 3.63) is 69.2 Å². The van der Waals surface area contributed by atoms with Gasteiger partial charge in [0.05, 0.1) is 29.8 Å². The highest BCUT2D eigenvalue weighted by molar-refractivity contribution is 6.35. The molecule has 0 aliphatic carbocycles. The summed E-state index contributed by atoms with van der Waals surface area (Å²) in [5.41, 5.74) is 3.90. The maximum atomic E-state index is 12.3. The van der Waals surface area contributed by atoms with Crippen molar-refractivity contribution in [2.45, 2.75) is 33.9 Å². The van der Waals surface area contributed by atoms with Crippen LogP contribution in [0.3, 0.4) is 0 Å². The molecule has 1 amide bonds. The molecule has 0 fully saturated rings. The van der Waals surface area contributed by atoms with Gasteiger partial charge in [0.15, 0.2) is 0 Å². The predicted molar refractivity (Wildman–Crippen MR) is 113 cm³/mol. The van der Waals surface area contributed by atoms with Crippen LogP contribution >= 0.6 is 23.2 Å². The molecular weight excluding hydrogens is 397 g/mol. The van der Waals surface area contributed by atoms with Crippen LogP contribution in [0.2, 0.25) is 10.0 Å². The summed E-state index contributed by atoms with van der Waals surface area (Å²) in [5, 5.41) is 12.8. The first-order chi connectivity index (χ1) is 13.4. The number of amides is 1.